The molecule has 0 aliphatic heterocycles. The van der Waals surface area contributed by atoms with Crippen LogP contribution in [-0.2, 0) is 16.9 Å². The third-order valence-corrected chi connectivity index (χ3v) is 3.21. The van der Waals surface area contributed by atoms with Gasteiger partial charge < -0.3 is 11.1 Å². The van der Waals surface area contributed by atoms with E-state index in [0.717, 1.165) is 6.20 Å². The predicted octanol–water partition coefficient (Wildman–Crippen LogP) is 2.61. The lowest BCUT2D eigenvalue weighted by Crippen LogP contribution is -2.48. The van der Waals surface area contributed by atoms with Crippen molar-refractivity contribution in [2.45, 2.75) is 25.6 Å². The molecule has 0 fully saturated rings. The smallest absolute Gasteiger partial charge is 0.319 e. The van der Waals surface area contributed by atoms with Crippen molar-refractivity contribution in [2.75, 3.05) is 0 Å². The molecule has 2 rings (SSSR count). The van der Waals surface area contributed by atoms with E-state index in [1.807, 2.05) is 6.07 Å². The summed E-state index contributed by atoms with van der Waals surface area (Å²) < 4.78 is 26.0. The number of nitrogens with two attached hydrogens (primary N) is 1. The first kappa shape index (κ1) is 21.3. The van der Waals surface area contributed by atoms with Gasteiger partial charge in [0.1, 0.15) is 11.4 Å². The third-order valence-electron chi connectivity index (χ3n) is 3.21. The van der Waals surface area contributed by atoms with Crippen molar-refractivity contribution >= 4 is 30.7 Å². The summed E-state index contributed by atoms with van der Waals surface area (Å²) >= 11 is 0. The summed E-state index contributed by atoms with van der Waals surface area (Å²) in [5, 5.41) is 2.54. The van der Waals surface area contributed by atoms with Crippen LogP contribution in [-0.4, -0.2) is 15.5 Å². The molecule has 0 aliphatic rings. The van der Waals surface area contributed by atoms with E-state index in [1.54, 1.807) is 31.2 Å². The minimum atomic E-state index is -2.70. The van der Waals surface area contributed by atoms with Crippen LogP contribution < -0.4 is 11.1 Å². The number of hydrogen-bond acceptors (Lipinski definition) is 3. The number of rotatable bonds is 5. The number of nitrogens with one attached hydrogen (secondary N) is 1. The van der Waals surface area contributed by atoms with Gasteiger partial charge in [0, 0.05) is 12.4 Å². The zero-order chi connectivity index (χ0) is 15.5. The molecule has 128 valence electrons. The minimum Gasteiger partial charge on any atom is -0.347 e. The number of carbonyl (C=O) groups is 1. The fourth-order valence-electron chi connectivity index (χ4n) is 1.92. The molecule has 0 saturated heterocycles. The third kappa shape index (κ3) is 4.89. The van der Waals surface area contributed by atoms with Gasteiger partial charge in [0.25, 0.3) is 0 Å². The number of hydrogen-bond donors (Lipinski definition) is 2. The van der Waals surface area contributed by atoms with Gasteiger partial charge in [0.05, 0.1) is 6.54 Å². The van der Waals surface area contributed by atoms with E-state index in [-0.39, 0.29) is 37.2 Å². The highest BCUT2D eigenvalue weighted by atomic mass is 35.5. The van der Waals surface area contributed by atoms with E-state index < -0.39 is 18.0 Å². The molecule has 0 saturated carbocycles. The van der Waals surface area contributed by atoms with Crippen LogP contribution in [0.5, 0.6) is 0 Å². The number of halogens is 4. The maximum atomic E-state index is 12.7. The Bertz CT molecular complexity index is 620. The molecule has 1 aromatic carbocycles. The second kappa shape index (κ2) is 8.81. The van der Waals surface area contributed by atoms with E-state index in [1.165, 1.54) is 6.20 Å². The van der Waals surface area contributed by atoms with Crippen LogP contribution in [0.25, 0.3) is 0 Å². The van der Waals surface area contributed by atoms with Crippen LogP contribution in [0.1, 0.15) is 24.9 Å². The van der Waals surface area contributed by atoms with Crippen molar-refractivity contribution in [3.63, 3.8) is 0 Å². The van der Waals surface area contributed by atoms with E-state index in [0.29, 0.717) is 10.1 Å². The molecule has 1 unspecified atom stereocenters. The van der Waals surface area contributed by atoms with Crippen molar-refractivity contribution in [1.82, 2.24) is 14.9 Å². The van der Waals surface area contributed by atoms with Crippen LogP contribution in [0.2, 0.25) is 0 Å². The summed E-state index contributed by atoms with van der Waals surface area (Å²) in [4.78, 5) is 16.0. The highest BCUT2D eigenvalue weighted by molar-refractivity contribution is 5.87. The molecule has 23 heavy (non-hydrogen) atoms. The average molecular weight is 367 g/mol. The number of imidazole rings is 1. The van der Waals surface area contributed by atoms with Gasteiger partial charge in [-0.15, -0.1) is 24.8 Å². The SMILES string of the molecule is CC(N)(C(=O)NCc1nccn1C(F)F)c1ccccc1.Cl.Cl. The van der Waals surface area contributed by atoms with Gasteiger partial charge in [-0.1, -0.05) is 30.3 Å². The van der Waals surface area contributed by atoms with Crippen molar-refractivity contribution in [2.24, 2.45) is 5.73 Å². The molecule has 0 spiro atoms. The zero-order valence-corrected chi connectivity index (χ0v) is 13.9. The summed E-state index contributed by atoms with van der Waals surface area (Å²) in [5.41, 5.74) is 5.42. The van der Waals surface area contributed by atoms with Gasteiger partial charge in [0.15, 0.2) is 0 Å². The molecule has 2 aromatic rings. The maximum absolute atomic E-state index is 12.7. The van der Waals surface area contributed by atoms with E-state index >= 15 is 0 Å². The van der Waals surface area contributed by atoms with Crippen LogP contribution in [0.3, 0.4) is 0 Å². The van der Waals surface area contributed by atoms with Crippen LogP contribution in [0.15, 0.2) is 42.7 Å². The number of alkyl halides is 2. The lowest BCUT2D eigenvalue weighted by atomic mass is 9.92. The molecule has 0 aliphatic carbocycles. The Labute approximate surface area is 145 Å². The molecule has 5 nitrogen and oxygen atoms in total. The van der Waals surface area contributed by atoms with Crippen molar-refractivity contribution in [3.05, 3.63) is 54.1 Å². The molecule has 9 heteroatoms. The summed E-state index contributed by atoms with van der Waals surface area (Å²) in [7, 11) is 0. The first-order chi connectivity index (χ1) is 9.93. The Morgan fingerprint density at radius 2 is 1.96 bits per heavy atom. The van der Waals surface area contributed by atoms with Crippen molar-refractivity contribution in [3.8, 4) is 0 Å². The van der Waals surface area contributed by atoms with Gasteiger partial charge in [-0.3, -0.25) is 9.36 Å². The van der Waals surface area contributed by atoms with E-state index in [2.05, 4.69) is 10.3 Å². The van der Waals surface area contributed by atoms with Crippen LogP contribution in [0, 0.1) is 0 Å². The second-order valence-electron chi connectivity index (χ2n) is 4.78. The monoisotopic (exact) mass is 366 g/mol. The largest absolute Gasteiger partial charge is 0.347 e. The number of nitrogens with zero attached hydrogens (tertiary/aromatic N) is 2. The van der Waals surface area contributed by atoms with Gasteiger partial charge in [0.2, 0.25) is 5.91 Å². The second-order valence-corrected chi connectivity index (χ2v) is 4.78. The molecule has 1 aromatic heterocycles. The number of carbonyl (C=O) groups excluding carboxylic acids is 1. The predicted molar refractivity (Wildman–Crippen MR) is 87.8 cm³/mol. The number of aromatic nitrogens is 2. The molecule has 0 radical (unpaired) electrons. The molecule has 3 N–H and O–H groups in total. The van der Waals surface area contributed by atoms with Crippen molar-refractivity contribution in [1.29, 1.82) is 0 Å². The van der Waals surface area contributed by atoms with Crippen LogP contribution in [0.4, 0.5) is 8.78 Å². The molecule has 0 bridgehead atoms. The lowest BCUT2D eigenvalue weighted by Gasteiger charge is -2.24. The Hall–Kier alpha value is -1.70. The lowest BCUT2D eigenvalue weighted by molar-refractivity contribution is -0.126. The Morgan fingerprint density at radius 1 is 1.35 bits per heavy atom. The van der Waals surface area contributed by atoms with E-state index in [4.69, 9.17) is 5.73 Å². The van der Waals surface area contributed by atoms with Crippen LogP contribution >= 0.6 is 24.8 Å². The maximum Gasteiger partial charge on any atom is 0.319 e. The van der Waals surface area contributed by atoms with Gasteiger partial charge in [-0.25, -0.2) is 4.98 Å². The highest BCUT2D eigenvalue weighted by Crippen LogP contribution is 2.18. The first-order valence-corrected chi connectivity index (χ1v) is 6.35. The quantitative estimate of drug-likeness (QED) is 0.853. The summed E-state index contributed by atoms with van der Waals surface area (Å²) in [6.45, 7) is -1.25. The Balaban J connectivity index is 0.00000242. The zero-order valence-electron chi connectivity index (χ0n) is 12.3. The standard InChI is InChI=1S/C14H16F2N4O.2ClH/c1-14(17,10-5-3-2-4-6-10)12(21)19-9-11-18-7-8-20(11)13(15)16;;/h2-8,13H,9,17H2,1H3,(H,19,21);2*1H. The number of benzene rings is 1. The molecule has 1 atom stereocenters. The topological polar surface area (TPSA) is 72.9 Å². The Kier molecular flexibility index (Phi) is 8.16. The molecule has 1 amide bonds. The van der Waals surface area contributed by atoms with Gasteiger partial charge in [-0.2, -0.15) is 8.78 Å². The van der Waals surface area contributed by atoms with Gasteiger partial charge in [-0.05, 0) is 12.5 Å². The number of amides is 1. The molecule has 1 heterocycles. The summed E-state index contributed by atoms with van der Waals surface area (Å²) in [6, 6.07) is 8.84. The van der Waals surface area contributed by atoms with Gasteiger partial charge >= 0.3 is 6.55 Å². The van der Waals surface area contributed by atoms with E-state index in [9.17, 15) is 13.6 Å². The summed E-state index contributed by atoms with van der Waals surface area (Å²) in [5.74, 6) is -0.389. The average Bonchev–Trinajstić information content (AvgIpc) is 2.94. The van der Waals surface area contributed by atoms with Crippen molar-refractivity contribution < 1.29 is 13.6 Å². The normalized spacial score (nSPS) is 12.7. The fraction of sp³-hybridized carbons (Fsp3) is 0.286. The Morgan fingerprint density at radius 3 is 2.52 bits per heavy atom. The minimum absolute atomic E-state index is 0. The summed E-state index contributed by atoms with van der Waals surface area (Å²) in [6.07, 6.45) is 2.41. The highest BCUT2D eigenvalue weighted by Gasteiger charge is 2.30. The molecular weight excluding hydrogens is 349 g/mol. The molecular formula is C14H18Cl2F2N4O. The fourth-order valence-corrected chi connectivity index (χ4v) is 1.92. The first-order valence-electron chi connectivity index (χ1n) is 6.35.